The van der Waals surface area contributed by atoms with Gasteiger partial charge < -0.3 is 19.1 Å². The van der Waals surface area contributed by atoms with Crippen LogP contribution in [-0.2, 0) is 11.2 Å². The molecule has 1 fully saturated rings. The molecule has 6 nitrogen and oxygen atoms in total. The largest absolute Gasteiger partial charge is 0.497 e. The lowest BCUT2D eigenvalue weighted by molar-refractivity contribution is -0.130. The molecule has 0 atom stereocenters. The number of methoxy groups -OCH3 is 1. The highest BCUT2D eigenvalue weighted by Crippen LogP contribution is 2.22. The number of aromatic nitrogens is 2. The van der Waals surface area contributed by atoms with E-state index in [-0.39, 0.29) is 5.91 Å². The number of hydrogen-bond donors (Lipinski definition) is 0. The summed E-state index contributed by atoms with van der Waals surface area (Å²) in [6.07, 6.45) is 4.28. The SMILES string of the molecule is COc1cccc(N2CCN(C(=O)Cc3csc(-n4cccc4)n3)CC2)c1. The summed E-state index contributed by atoms with van der Waals surface area (Å²) >= 11 is 1.56. The van der Waals surface area contributed by atoms with Crippen molar-refractivity contribution in [3.63, 3.8) is 0 Å². The number of carbonyl (C=O) groups is 1. The summed E-state index contributed by atoms with van der Waals surface area (Å²) < 4.78 is 7.27. The predicted molar refractivity (Wildman–Crippen MR) is 107 cm³/mol. The van der Waals surface area contributed by atoms with Crippen LogP contribution >= 0.6 is 11.3 Å². The van der Waals surface area contributed by atoms with Gasteiger partial charge in [0.2, 0.25) is 5.91 Å². The normalized spacial score (nSPS) is 14.4. The van der Waals surface area contributed by atoms with E-state index in [1.54, 1.807) is 18.4 Å². The minimum Gasteiger partial charge on any atom is -0.497 e. The van der Waals surface area contributed by atoms with Gasteiger partial charge in [-0.2, -0.15) is 0 Å². The van der Waals surface area contributed by atoms with Gasteiger partial charge in [-0.15, -0.1) is 11.3 Å². The Morgan fingerprint density at radius 1 is 1.15 bits per heavy atom. The van der Waals surface area contributed by atoms with Gasteiger partial charge in [0.05, 0.1) is 19.2 Å². The van der Waals surface area contributed by atoms with Gasteiger partial charge in [0.15, 0.2) is 5.13 Å². The molecular weight excluding hydrogens is 360 g/mol. The average molecular weight is 382 g/mol. The minimum absolute atomic E-state index is 0.143. The van der Waals surface area contributed by atoms with Gasteiger partial charge >= 0.3 is 0 Å². The first-order valence-corrected chi connectivity index (χ1v) is 9.85. The lowest BCUT2D eigenvalue weighted by Gasteiger charge is -2.36. The number of benzene rings is 1. The van der Waals surface area contributed by atoms with Crippen LogP contribution in [0.15, 0.2) is 54.2 Å². The summed E-state index contributed by atoms with van der Waals surface area (Å²) in [7, 11) is 1.68. The number of ether oxygens (including phenoxy) is 1. The fourth-order valence-corrected chi connectivity index (χ4v) is 4.04. The monoisotopic (exact) mass is 382 g/mol. The quantitative estimate of drug-likeness (QED) is 0.681. The van der Waals surface area contributed by atoms with Crippen LogP contribution in [-0.4, -0.2) is 53.6 Å². The van der Waals surface area contributed by atoms with Crippen LogP contribution in [0.5, 0.6) is 5.75 Å². The molecule has 140 valence electrons. The van der Waals surface area contributed by atoms with Crippen molar-refractivity contribution in [3.05, 3.63) is 59.9 Å². The first-order valence-electron chi connectivity index (χ1n) is 8.97. The van der Waals surface area contributed by atoms with Crippen molar-refractivity contribution in [2.24, 2.45) is 0 Å². The molecule has 0 aliphatic carbocycles. The van der Waals surface area contributed by atoms with Gasteiger partial charge in [0.1, 0.15) is 5.75 Å². The fourth-order valence-electron chi connectivity index (χ4n) is 3.25. The number of rotatable bonds is 5. The van der Waals surface area contributed by atoms with Crippen LogP contribution in [0.1, 0.15) is 5.69 Å². The molecule has 0 N–H and O–H groups in total. The van der Waals surface area contributed by atoms with Crippen molar-refractivity contribution in [1.29, 1.82) is 0 Å². The lowest BCUT2D eigenvalue weighted by Crippen LogP contribution is -2.49. The van der Waals surface area contributed by atoms with Crippen LogP contribution in [0.4, 0.5) is 5.69 Å². The number of piperazine rings is 1. The molecule has 1 saturated heterocycles. The van der Waals surface area contributed by atoms with Crippen molar-refractivity contribution >= 4 is 22.9 Å². The molecule has 3 aromatic rings. The van der Waals surface area contributed by atoms with Crippen LogP contribution in [0, 0.1) is 0 Å². The Bertz CT molecular complexity index is 898. The highest BCUT2D eigenvalue weighted by Gasteiger charge is 2.22. The fraction of sp³-hybridized carbons (Fsp3) is 0.300. The molecule has 0 spiro atoms. The number of anilines is 1. The number of nitrogens with zero attached hydrogens (tertiary/aromatic N) is 4. The molecule has 2 aromatic heterocycles. The van der Waals surface area contributed by atoms with E-state index >= 15 is 0 Å². The van der Waals surface area contributed by atoms with Gasteiger partial charge in [-0.25, -0.2) is 4.98 Å². The maximum absolute atomic E-state index is 12.7. The molecule has 1 amide bonds. The Morgan fingerprint density at radius 3 is 2.67 bits per heavy atom. The molecule has 3 heterocycles. The van der Waals surface area contributed by atoms with Gasteiger partial charge in [0.25, 0.3) is 0 Å². The van der Waals surface area contributed by atoms with E-state index in [1.807, 2.05) is 57.6 Å². The van der Waals surface area contributed by atoms with Crippen LogP contribution in [0.3, 0.4) is 0 Å². The van der Waals surface area contributed by atoms with Crippen LogP contribution in [0.2, 0.25) is 0 Å². The maximum atomic E-state index is 12.7. The first-order chi connectivity index (χ1) is 13.2. The third-order valence-corrected chi connectivity index (χ3v) is 5.65. The second-order valence-electron chi connectivity index (χ2n) is 6.46. The number of carbonyl (C=O) groups excluding carboxylic acids is 1. The van der Waals surface area contributed by atoms with Crippen molar-refractivity contribution in [1.82, 2.24) is 14.5 Å². The molecule has 0 radical (unpaired) electrons. The van der Waals surface area contributed by atoms with E-state index in [4.69, 9.17) is 4.74 Å². The van der Waals surface area contributed by atoms with Gasteiger partial charge in [0, 0.05) is 55.7 Å². The molecule has 4 rings (SSSR count). The van der Waals surface area contributed by atoms with E-state index in [0.717, 1.165) is 48.4 Å². The molecule has 0 bridgehead atoms. The highest BCUT2D eigenvalue weighted by atomic mass is 32.1. The Balaban J connectivity index is 1.33. The Kier molecular flexibility index (Phi) is 5.11. The Hall–Kier alpha value is -2.80. The van der Waals surface area contributed by atoms with Crippen molar-refractivity contribution in [2.45, 2.75) is 6.42 Å². The maximum Gasteiger partial charge on any atom is 0.228 e. The summed E-state index contributed by atoms with van der Waals surface area (Å²) in [4.78, 5) is 21.5. The van der Waals surface area contributed by atoms with Gasteiger partial charge in [-0.1, -0.05) is 6.07 Å². The second-order valence-corrected chi connectivity index (χ2v) is 7.29. The zero-order valence-corrected chi connectivity index (χ0v) is 16.1. The van der Waals surface area contributed by atoms with Gasteiger partial charge in [-0.05, 0) is 24.3 Å². The van der Waals surface area contributed by atoms with Crippen molar-refractivity contribution in [3.8, 4) is 10.9 Å². The predicted octanol–water partition coefficient (Wildman–Crippen LogP) is 2.83. The van der Waals surface area contributed by atoms with Crippen LogP contribution in [0.25, 0.3) is 5.13 Å². The summed E-state index contributed by atoms with van der Waals surface area (Å²) in [6, 6.07) is 12.0. The molecule has 27 heavy (non-hydrogen) atoms. The third-order valence-electron chi connectivity index (χ3n) is 4.75. The zero-order chi connectivity index (χ0) is 18.6. The Labute approximate surface area is 162 Å². The third kappa shape index (κ3) is 3.98. The Morgan fingerprint density at radius 2 is 1.93 bits per heavy atom. The van der Waals surface area contributed by atoms with Crippen molar-refractivity contribution < 1.29 is 9.53 Å². The molecule has 1 aliphatic heterocycles. The molecule has 7 heteroatoms. The summed E-state index contributed by atoms with van der Waals surface area (Å²) in [5.74, 6) is 0.998. The first kappa shape index (κ1) is 17.6. The van der Waals surface area contributed by atoms with E-state index in [9.17, 15) is 4.79 Å². The van der Waals surface area contributed by atoms with Crippen LogP contribution < -0.4 is 9.64 Å². The zero-order valence-electron chi connectivity index (χ0n) is 15.2. The summed E-state index contributed by atoms with van der Waals surface area (Å²) in [5.41, 5.74) is 1.97. The topological polar surface area (TPSA) is 50.6 Å². The lowest BCUT2D eigenvalue weighted by atomic mass is 10.2. The number of hydrogen-bond acceptors (Lipinski definition) is 5. The average Bonchev–Trinajstić information content (AvgIpc) is 3.40. The number of thiazole rings is 1. The highest BCUT2D eigenvalue weighted by molar-refractivity contribution is 7.12. The van der Waals surface area contributed by atoms with E-state index in [2.05, 4.69) is 16.0 Å². The minimum atomic E-state index is 0.143. The van der Waals surface area contributed by atoms with Crippen molar-refractivity contribution in [2.75, 3.05) is 38.2 Å². The standard InChI is InChI=1S/C20H22N4O2S/c1-26-18-6-4-5-17(14-18)22-9-11-23(12-10-22)19(25)13-16-15-27-20(21-16)24-7-2-3-8-24/h2-8,14-15H,9-13H2,1H3. The molecule has 1 aromatic carbocycles. The van der Waals surface area contributed by atoms with E-state index in [0.29, 0.717) is 6.42 Å². The molecular formula is C20H22N4O2S. The molecule has 1 aliphatic rings. The second kappa shape index (κ2) is 7.84. The van der Waals surface area contributed by atoms with Gasteiger partial charge in [-0.3, -0.25) is 4.79 Å². The molecule has 0 saturated carbocycles. The van der Waals surface area contributed by atoms with E-state index < -0.39 is 0 Å². The van der Waals surface area contributed by atoms with E-state index in [1.165, 1.54) is 0 Å². The number of amides is 1. The smallest absolute Gasteiger partial charge is 0.228 e. The summed E-state index contributed by atoms with van der Waals surface area (Å²) in [6.45, 7) is 3.10. The summed E-state index contributed by atoms with van der Waals surface area (Å²) in [5, 5.41) is 2.87. The molecule has 0 unspecified atom stereocenters.